The summed E-state index contributed by atoms with van der Waals surface area (Å²) in [5, 5.41) is 2.71. The first-order valence-electron chi connectivity index (χ1n) is 5.99. The molecule has 1 aliphatic heterocycles. The molecule has 0 radical (unpaired) electrons. The van der Waals surface area contributed by atoms with Crippen molar-refractivity contribution in [2.24, 2.45) is 5.92 Å². The Morgan fingerprint density at radius 3 is 2.31 bits per heavy atom. The molecule has 1 N–H and O–H groups in total. The molecule has 2 aliphatic rings. The average Bonchev–Trinajstić information content (AvgIpc) is 2.98. The Kier molecular flexibility index (Phi) is 2.48. The van der Waals surface area contributed by atoms with Crippen molar-refractivity contribution in [2.75, 3.05) is 0 Å². The van der Waals surface area contributed by atoms with Crippen LogP contribution in [0.15, 0.2) is 0 Å². The summed E-state index contributed by atoms with van der Waals surface area (Å²) in [6.07, 6.45) is 2.33. The maximum absolute atomic E-state index is 12.2. The molecule has 0 aromatic rings. The molecule has 16 heavy (non-hydrogen) atoms. The predicted molar refractivity (Wildman–Crippen MR) is 60.7 cm³/mol. The average molecular weight is 224 g/mol. The van der Waals surface area contributed by atoms with E-state index in [1.807, 2.05) is 6.92 Å². The number of piperazine rings is 1. The van der Waals surface area contributed by atoms with Crippen molar-refractivity contribution in [3.63, 3.8) is 0 Å². The number of nitrogens with zero attached hydrogens (tertiary/aromatic N) is 1. The molecule has 0 spiro atoms. The maximum atomic E-state index is 12.2. The predicted octanol–water partition coefficient (Wildman–Crippen LogP) is 0.910. The van der Waals surface area contributed by atoms with Crippen LogP contribution in [-0.4, -0.2) is 34.3 Å². The van der Waals surface area contributed by atoms with E-state index in [1.165, 1.54) is 12.8 Å². The van der Waals surface area contributed by atoms with Crippen molar-refractivity contribution < 1.29 is 9.59 Å². The second-order valence-corrected chi connectivity index (χ2v) is 5.54. The second-order valence-electron chi connectivity index (χ2n) is 5.54. The lowest BCUT2D eigenvalue weighted by atomic mass is 9.91. The van der Waals surface area contributed by atoms with Crippen LogP contribution in [0, 0.1) is 5.92 Å². The fourth-order valence-electron chi connectivity index (χ4n) is 2.68. The first-order chi connectivity index (χ1) is 7.35. The lowest BCUT2D eigenvalue weighted by molar-refractivity contribution is -0.155. The highest BCUT2D eigenvalue weighted by Gasteiger charge is 2.49. The molecule has 2 amide bonds. The largest absolute Gasteiger partial charge is 0.343 e. The van der Waals surface area contributed by atoms with Crippen molar-refractivity contribution in [3.8, 4) is 0 Å². The monoisotopic (exact) mass is 224 g/mol. The summed E-state index contributed by atoms with van der Waals surface area (Å²) in [6, 6.07) is -0.735. The van der Waals surface area contributed by atoms with Gasteiger partial charge in [0.05, 0.1) is 0 Å². The van der Waals surface area contributed by atoms with Gasteiger partial charge in [-0.05, 0) is 46.5 Å². The van der Waals surface area contributed by atoms with Crippen LogP contribution in [0.4, 0.5) is 0 Å². The topological polar surface area (TPSA) is 49.4 Å². The molecule has 1 heterocycles. The van der Waals surface area contributed by atoms with Gasteiger partial charge in [0.25, 0.3) is 0 Å². The van der Waals surface area contributed by atoms with Gasteiger partial charge in [0.2, 0.25) is 11.8 Å². The Morgan fingerprint density at radius 1 is 1.25 bits per heavy atom. The van der Waals surface area contributed by atoms with E-state index < -0.39 is 0 Å². The molecular formula is C12H20N2O2. The van der Waals surface area contributed by atoms with E-state index in [0.717, 1.165) is 0 Å². The van der Waals surface area contributed by atoms with Crippen LogP contribution in [0.25, 0.3) is 0 Å². The van der Waals surface area contributed by atoms with Gasteiger partial charge in [-0.15, -0.1) is 0 Å². The lowest BCUT2D eigenvalue weighted by Crippen LogP contribution is -2.67. The van der Waals surface area contributed by atoms with Gasteiger partial charge in [0.15, 0.2) is 0 Å². The van der Waals surface area contributed by atoms with E-state index in [-0.39, 0.29) is 29.4 Å². The first-order valence-corrected chi connectivity index (χ1v) is 5.99. The molecule has 0 aromatic heterocycles. The van der Waals surface area contributed by atoms with Crippen molar-refractivity contribution >= 4 is 11.8 Å². The molecule has 0 bridgehead atoms. The molecule has 4 heteroatoms. The minimum absolute atomic E-state index is 0.0409. The minimum atomic E-state index is -0.387. The van der Waals surface area contributed by atoms with Crippen LogP contribution in [0.1, 0.15) is 40.5 Å². The van der Waals surface area contributed by atoms with Gasteiger partial charge < -0.3 is 10.2 Å². The summed E-state index contributed by atoms with van der Waals surface area (Å²) < 4.78 is 0. The van der Waals surface area contributed by atoms with Crippen LogP contribution in [0.3, 0.4) is 0 Å². The molecule has 1 saturated heterocycles. The van der Waals surface area contributed by atoms with Crippen LogP contribution < -0.4 is 5.32 Å². The van der Waals surface area contributed by atoms with E-state index in [0.29, 0.717) is 5.92 Å². The van der Waals surface area contributed by atoms with Crippen LogP contribution in [-0.2, 0) is 9.59 Å². The Balaban J connectivity index is 2.28. The smallest absolute Gasteiger partial charge is 0.245 e. The van der Waals surface area contributed by atoms with Gasteiger partial charge in [-0.1, -0.05) is 0 Å². The Morgan fingerprint density at radius 2 is 1.81 bits per heavy atom. The summed E-state index contributed by atoms with van der Waals surface area (Å²) in [5.74, 6) is 0.557. The van der Waals surface area contributed by atoms with Crippen molar-refractivity contribution in [2.45, 2.75) is 58.2 Å². The zero-order valence-electron chi connectivity index (χ0n) is 10.4. The second kappa shape index (κ2) is 3.47. The third kappa shape index (κ3) is 1.60. The number of carbonyl (C=O) groups excluding carboxylic acids is 2. The summed E-state index contributed by atoms with van der Waals surface area (Å²) in [4.78, 5) is 25.7. The quantitative estimate of drug-likeness (QED) is 0.758. The third-order valence-corrected chi connectivity index (χ3v) is 3.93. The van der Waals surface area contributed by atoms with Gasteiger partial charge in [-0.2, -0.15) is 0 Å². The summed E-state index contributed by atoms with van der Waals surface area (Å²) in [7, 11) is 0. The highest BCUT2D eigenvalue weighted by Crippen LogP contribution is 2.44. The van der Waals surface area contributed by atoms with Crippen molar-refractivity contribution in [1.82, 2.24) is 10.2 Å². The van der Waals surface area contributed by atoms with Gasteiger partial charge >= 0.3 is 0 Å². The van der Waals surface area contributed by atoms with Crippen LogP contribution in [0.5, 0.6) is 0 Å². The molecule has 0 aromatic carbocycles. The fraction of sp³-hybridized carbons (Fsp3) is 0.833. The number of amides is 2. The number of carbonyl (C=O) groups is 2. The summed E-state index contributed by atoms with van der Waals surface area (Å²) >= 11 is 0. The molecule has 2 atom stereocenters. The van der Waals surface area contributed by atoms with Crippen LogP contribution >= 0.6 is 0 Å². The van der Waals surface area contributed by atoms with Crippen LogP contribution in [0.2, 0.25) is 0 Å². The summed E-state index contributed by atoms with van der Waals surface area (Å²) in [6.45, 7) is 7.71. The van der Waals surface area contributed by atoms with Gasteiger partial charge in [-0.25, -0.2) is 0 Å². The Bertz CT molecular complexity index is 334. The number of hydrogen-bond acceptors (Lipinski definition) is 2. The van der Waals surface area contributed by atoms with Gasteiger partial charge in [0.1, 0.15) is 12.1 Å². The SMILES string of the molecule is CC1NC(=O)C(C)N(C(C)(C)C2CC2)C1=O. The number of nitrogens with one attached hydrogen (secondary N) is 1. The minimum Gasteiger partial charge on any atom is -0.343 e. The molecule has 2 fully saturated rings. The lowest BCUT2D eigenvalue weighted by Gasteiger charge is -2.46. The number of hydrogen-bond donors (Lipinski definition) is 1. The van der Waals surface area contributed by atoms with Crippen molar-refractivity contribution in [3.05, 3.63) is 0 Å². The van der Waals surface area contributed by atoms with Gasteiger partial charge in [-0.3, -0.25) is 9.59 Å². The molecule has 2 unspecified atom stereocenters. The standard InChI is InChI=1S/C12H20N2O2/c1-7-11(16)14(8(2)10(15)13-7)12(3,4)9-5-6-9/h7-9H,5-6H2,1-4H3,(H,13,15). The molecule has 90 valence electrons. The molecular weight excluding hydrogens is 204 g/mol. The molecule has 4 nitrogen and oxygen atoms in total. The van der Waals surface area contributed by atoms with E-state index in [4.69, 9.17) is 0 Å². The molecule has 1 saturated carbocycles. The molecule has 2 rings (SSSR count). The maximum Gasteiger partial charge on any atom is 0.245 e. The van der Waals surface area contributed by atoms with E-state index in [2.05, 4.69) is 19.2 Å². The van der Waals surface area contributed by atoms with E-state index in [9.17, 15) is 9.59 Å². The first kappa shape index (κ1) is 11.4. The third-order valence-electron chi connectivity index (χ3n) is 3.93. The van der Waals surface area contributed by atoms with Gasteiger partial charge in [0, 0.05) is 5.54 Å². The number of rotatable bonds is 2. The Labute approximate surface area is 96.4 Å². The normalized spacial score (nSPS) is 31.6. The molecule has 1 aliphatic carbocycles. The highest BCUT2D eigenvalue weighted by molar-refractivity contribution is 5.96. The Hall–Kier alpha value is -1.06. The highest BCUT2D eigenvalue weighted by atomic mass is 16.2. The van der Waals surface area contributed by atoms with E-state index >= 15 is 0 Å². The zero-order valence-corrected chi connectivity index (χ0v) is 10.4. The zero-order chi connectivity index (χ0) is 12.1. The van der Waals surface area contributed by atoms with E-state index in [1.54, 1.807) is 11.8 Å². The van der Waals surface area contributed by atoms with Crippen molar-refractivity contribution in [1.29, 1.82) is 0 Å². The summed E-state index contributed by atoms with van der Waals surface area (Å²) in [5.41, 5.74) is -0.192. The fourth-order valence-corrected chi connectivity index (χ4v) is 2.68.